The molecule has 1 unspecified atom stereocenters. The van der Waals surface area contributed by atoms with Crippen LogP contribution in [0.4, 0.5) is 0 Å². The molecule has 0 saturated heterocycles. The summed E-state index contributed by atoms with van der Waals surface area (Å²) in [6.07, 6.45) is 6.03. The minimum atomic E-state index is -0.434. The molecule has 0 aliphatic heterocycles. The quantitative estimate of drug-likeness (QED) is 0.552. The molecule has 2 nitrogen and oxygen atoms in total. The van der Waals surface area contributed by atoms with Gasteiger partial charge in [-0.05, 0) is 31.6 Å². The summed E-state index contributed by atoms with van der Waals surface area (Å²) in [6, 6.07) is 0. The van der Waals surface area contributed by atoms with E-state index in [-0.39, 0.29) is 11.6 Å². The molecule has 0 radical (unpaired) electrons. The number of hydrogen-bond donors (Lipinski definition) is 0. The first-order valence-corrected chi connectivity index (χ1v) is 5.31. The zero-order valence-electron chi connectivity index (χ0n) is 8.80. The lowest BCUT2D eigenvalue weighted by molar-refractivity contribution is -0.142. The summed E-state index contributed by atoms with van der Waals surface area (Å²) < 4.78 is 0. The zero-order chi connectivity index (χ0) is 10.3. The van der Waals surface area contributed by atoms with Crippen molar-refractivity contribution in [1.82, 2.24) is 0 Å². The third-order valence-electron chi connectivity index (χ3n) is 3.40. The number of hydrogen-bond acceptors (Lipinski definition) is 2. The van der Waals surface area contributed by atoms with Crippen LogP contribution < -0.4 is 0 Å². The number of Topliss-reactive ketones (excluding diaryl/α,β-unsaturated/α-hetero) is 2. The molecule has 0 N–H and O–H groups in total. The molecule has 14 heavy (non-hydrogen) atoms. The van der Waals surface area contributed by atoms with Crippen LogP contribution in [-0.2, 0) is 9.59 Å². The molecule has 0 aromatic heterocycles. The Morgan fingerprint density at radius 3 is 2.79 bits per heavy atom. The summed E-state index contributed by atoms with van der Waals surface area (Å²) in [7, 11) is 0. The van der Waals surface area contributed by atoms with Crippen LogP contribution >= 0.6 is 0 Å². The van der Waals surface area contributed by atoms with Crippen LogP contribution in [0.5, 0.6) is 0 Å². The smallest absolute Gasteiger partial charge is 0.225 e. The molecule has 0 heterocycles. The summed E-state index contributed by atoms with van der Waals surface area (Å²) in [4.78, 5) is 23.5. The molecule has 0 aromatic rings. The first-order valence-electron chi connectivity index (χ1n) is 5.31. The molecule has 2 aliphatic rings. The lowest BCUT2D eigenvalue weighted by atomic mass is 9.65. The fraction of sp³-hybridized carbons (Fsp3) is 0.667. The lowest BCUT2D eigenvalue weighted by Crippen LogP contribution is -2.42. The molecule has 0 amide bonds. The first kappa shape index (κ1) is 9.63. The van der Waals surface area contributed by atoms with E-state index in [2.05, 4.69) is 0 Å². The summed E-state index contributed by atoms with van der Waals surface area (Å²) in [5.41, 5.74) is 0.372. The van der Waals surface area contributed by atoms with Gasteiger partial charge in [-0.15, -0.1) is 0 Å². The van der Waals surface area contributed by atoms with E-state index in [0.717, 1.165) is 31.3 Å². The van der Waals surface area contributed by atoms with Crippen LogP contribution in [0.25, 0.3) is 0 Å². The van der Waals surface area contributed by atoms with Crippen molar-refractivity contribution < 1.29 is 9.59 Å². The minimum absolute atomic E-state index is 0.193. The van der Waals surface area contributed by atoms with Gasteiger partial charge in [-0.25, -0.2) is 0 Å². The Kier molecular flexibility index (Phi) is 2.09. The predicted octanol–water partition coefficient (Wildman–Crippen LogP) is 2.28. The minimum Gasteiger partial charge on any atom is -0.290 e. The van der Waals surface area contributed by atoms with Crippen LogP contribution in [0.2, 0.25) is 0 Å². The summed E-state index contributed by atoms with van der Waals surface area (Å²) in [5.74, 6) is -0.0585. The van der Waals surface area contributed by atoms with Gasteiger partial charge in [0.2, 0.25) is 11.6 Å². The molecule has 0 aromatic carbocycles. The molecule has 76 valence electrons. The third kappa shape index (κ3) is 1.33. The summed E-state index contributed by atoms with van der Waals surface area (Å²) >= 11 is 0. The van der Waals surface area contributed by atoms with Gasteiger partial charge >= 0.3 is 0 Å². The number of fused-ring (bicyclic) bond motifs is 1. The Labute approximate surface area is 84.4 Å². The van der Waals surface area contributed by atoms with Gasteiger partial charge in [0.25, 0.3) is 0 Å². The van der Waals surface area contributed by atoms with Crippen LogP contribution in [-0.4, -0.2) is 11.6 Å². The van der Waals surface area contributed by atoms with Crippen molar-refractivity contribution >= 4 is 11.6 Å². The van der Waals surface area contributed by atoms with Gasteiger partial charge in [0.15, 0.2) is 0 Å². The number of carbonyl (C=O) groups is 2. The second-order valence-corrected chi connectivity index (χ2v) is 5.03. The normalized spacial score (nSPS) is 31.0. The van der Waals surface area contributed by atoms with E-state index in [0.29, 0.717) is 5.92 Å². The average molecular weight is 192 g/mol. The molecule has 0 bridgehead atoms. The Morgan fingerprint density at radius 2 is 2.07 bits per heavy atom. The van der Waals surface area contributed by atoms with E-state index in [1.807, 2.05) is 19.9 Å². The van der Waals surface area contributed by atoms with Crippen molar-refractivity contribution in [3.05, 3.63) is 11.6 Å². The largest absolute Gasteiger partial charge is 0.290 e. The topological polar surface area (TPSA) is 34.1 Å². The molecular weight excluding hydrogens is 176 g/mol. The highest BCUT2D eigenvalue weighted by Crippen LogP contribution is 2.41. The van der Waals surface area contributed by atoms with Gasteiger partial charge in [-0.1, -0.05) is 19.9 Å². The number of ketones is 2. The third-order valence-corrected chi connectivity index (χ3v) is 3.40. The maximum atomic E-state index is 11.8. The van der Waals surface area contributed by atoms with Gasteiger partial charge in [0, 0.05) is 11.0 Å². The predicted molar refractivity (Wildman–Crippen MR) is 53.8 cm³/mol. The highest BCUT2D eigenvalue weighted by Gasteiger charge is 2.44. The standard InChI is InChI=1S/C12H16O2/c1-12(2)7-8-5-3-4-6-9(8)10(13)11(12)14/h6,8H,3-5,7H2,1-2H3. The van der Waals surface area contributed by atoms with Crippen molar-refractivity contribution in [1.29, 1.82) is 0 Å². The lowest BCUT2D eigenvalue weighted by Gasteiger charge is -2.36. The van der Waals surface area contributed by atoms with Crippen molar-refractivity contribution in [3.8, 4) is 0 Å². The van der Waals surface area contributed by atoms with Crippen molar-refractivity contribution in [2.45, 2.75) is 39.5 Å². The van der Waals surface area contributed by atoms with E-state index >= 15 is 0 Å². The average Bonchev–Trinajstić information content (AvgIpc) is 2.14. The second-order valence-electron chi connectivity index (χ2n) is 5.03. The van der Waals surface area contributed by atoms with Gasteiger partial charge in [-0.2, -0.15) is 0 Å². The van der Waals surface area contributed by atoms with Crippen LogP contribution in [0, 0.1) is 11.3 Å². The van der Waals surface area contributed by atoms with Gasteiger partial charge in [0.1, 0.15) is 0 Å². The van der Waals surface area contributed by atoms with E-state index in [4.69, 9.17) is 0 Å². The Hall–Kier alpha value is -0.920. The van der Waals surface area contributed by atoms with E-state index in [9.17, 15) is 9.59 Å². The van der Waals surface area contributed by atoms with Crippen LogP contribution in [0.1, 0.15) is 39.5 Å². The molecular formula is C12H16O2. The van der Waals surface area contributed by atoms with Gasteiger partial charge < -0.3 is 0 Å². The second kappa shape index (κ2) is 3.04. The fourth-order valence-corrected chi connectivity index (χ4v) is 2.58. The van der Waals surface area contributed by atoms with Crippen LogP contribution in [0.15, 0.2) is 11.6 Å². The van der Waals surface area contributed by atoms with Gasteiger partial charge in [0.05, 0.1) is 0 Å². The maximum Gasteiger partial charge on any atom is 0.225 e. The van der Waals surface area contributed by atoms with Crippen molar-refractivity contribution in [3.63, 3.8) is 0 Å². The zero-order valence-corrected chi connectivity index (χ0v) is 8.80. The molecule has 1 fully saturated rings. The van der Waals surface area contributed by atoms with E-state index in [1.165, 1.54) is 0 Å². The van der Waals surface area contributed by atoms with E-state index < -0.39 is 5.41 Å². The van der Waals surface area contributed by atoms with Gasteiger partial charge in [-0.3, -0.25) is 9.59 Å². The maximum absolute atomic E-state index is 11.8. The van der Waals surface area contributed by atoms with Crippen molar-refractivity contribution in [2.75, 3.05) is 0 Å². The molecule has 1 saturated carbocycles. The Balaban J connectivity index is 2.36. The molecule has 2 heteroatoms. The molecule has 0 spiro atoms. The monoisotopic (exact) mass is 192 g/mol. The Bertz CT molecular complexity index is 323. The highest BCUT2D eigenvalue weighted by molar-refractivity contribution is 6.45. The van der Waals surface area contributed by atoms with Crippen molar-refractivity contribution in [2.24, 2.45) is 11.3 Å². The SMILES string of the molecule is CC1(C)CC2CCCC=C2C(=O)C1=O. The van der Waals surface area contributed by atoms with Crippen LogP contribution in [0.3, 0.4) is 0 Å². The van der Waals surface area contributed by atoms with E-state index in [1.54, 1.807) is 0 Å². The molecule has 2 aliphatic carbocycles. The first-order chi connectivity index (χ1) is 6.52. The molecule has 1 atom stereocenters. The Morgan fingerprint density at radius 1 is 1.36 bits per heavy atom. The highest BCUT2D eigenvalue weighted by atomic mass is 16.2. The molecule has 2 rings (SSSR count). The number of allylic oxidation sites excluding steroid dienone is 2. The number of rotatable bonds is 0. The number of carbonyl (C=O) groups excluding carboxylic acids is 2. The fourth-order valence-electron chi connectivity index (χ4n) is 2.58. The summed E-state index contributed by atoms with van der Waals surface area (Å²) in [6.45, 7) is 3.78. The summed E-state index contributed by atoms with van der Waals surface area (Å²) in [5, 5.41) is 0.